The minimum atomic E-state index is -0.473. The Labute approximate surface area is 135 Å². The monoisotopic (exact) mass is 312 g/mol. The largest absolute Gasteiger partial charge is 0.346 e. The lowest BCUT2D eigenvalue weighted by Crippen LogP contribution is -2.27. The van der Waals surface area contributed by atoms with Gasteiger partial charge in [0.15, 0.2) is 0 Å². The summed E-state index contributed by atoms with van der Waals surface area (Å²) < 4.78 is 0. The molecule has 1 atom stereocenters. The van der Waals surface area contributed by atoms with E-state index in [2.05, 4.69) is 12.2 Å². The average Bonchev–Trinajstić information content (AvgIpc) is 2.54. The fourth-order valence-electron chi connectivity index (χ4n) is 2.47. The van der Waals surface area contributed by atoms with E-state index in [0.29, 0.717) is 11.1 Å². The summed E-state index contributed by atoms with van der Waals surface area (Å²) in [6.45, 7) is 5.57. The van der Waals surface area contributed by atoms with Gasteiger partial charge in [-0.15, -0.1) is 0 Å². The highest BCUT2D eigenvalue weighted by atomic mass is 16.6. The molecule has 0 aliphatic rings. The summed E-state index contributed by atoms with van der Waals surface area (Å²) >= 11 is 0. The summed E-state index contributed by atoms with van der Waals surface area (Å²) in [6, 6.07) is 12.4. The molecule has 2 rings (SSSR count). The molecule has 0 radical (unpaired) electrons. The molecule has 120 valence electrons. The summed E-state index contributed by atoms with van der Waals surface area (Å²) in [5.74, 6) is -0.307. The van der Waals surface area contributed by atoms with Crippen LogP contribution in [0.2, 0.25) is 0 Å². The SMILES string of the molecule is CCc1ccc([C@@H](C)NC(=O)c2cccc([N+](=O)[O-])c2C)cc1. The van der Waals surface area contributed by atoms with Gasteiger partial charge in [-0.3, -0.25) is 14.9 Å². The molecule has 0 fully saturated rings. The van der Waals surface area contributed by atoms with Crippen LogP contribution in [0.25, 0.3) is 0 Å². The van der Waals surface area contributed by atoms with Crippen molar-refractivity contribution in [2.45, 2.75) is 33.2 Å². The Morgan fingerprint density at radius 1 is 1.22 bits per heavy atom. The lowest BCUT2D eigenvalue weighted by molar-refractivity contribution is -0.385. The van der Waals surface area contributed by atoms with Crippen molar-refractivity contribution in [2.75, 3.05) is 0 Å². The molecular formula is C18H20N2O3. The van der Waals surface area contributed by atoms with Crippen LogP contribution in [0.15, 0.2) is 42.5 Å². The number of hydrogen-bond acceptors (Lipinski definition) is 3. The van der Waals surface area contributed by atoms with E-state index in [1.165, 1.54) is 17.7 Å². The van der Waals surface area contributed by atoms with Crippen molar-refractivity contribution < 1.29 is 9.72 Å². The molecule has 0 bridgehead atoms. The molecule has 0 aliphatic heterocycles. The third-order valence-corrected chi connectivity index (χ3v) is 3.98. The van der Waals surface area contributed by atoms with Crippen LogP contribution in [0.1, 0.15) is 46.9 Å². The highest BCUT2D eigenvalue weighted by molar-refractivity contribution is 5.96. The molecule has 23 heavy (non-hydrogen) atoms. The Kier molecular flexibility index (Phi) is 5.11. The molecule has 0 saturated carbocycles. The number of aryl methyl sites for hydroxylation is 1. The van der Waals surface area contributed by atoms with Crippen LogP contribution >= 0.6 is 0 Å². The molecule has 0 spiro atoms. The van der Waals surface area contributed by atoms with Gasteiger partial charge in [0.05, 0.1) is 11.0 Å². The fourth-order valence-corrected chi connectivity index (χ4v) is 2.47. The lowest BCUT2D eigenvalue weighted by atomic mass is 10.0. The first-order valence-corrected chi connectivity index (χ1v) is 7.57. The maximum atomic E-state index is 12.4. The van der Waals surface area contributed by atoms with Crippen LogP contribution < -0.4 is 5.32 Å². The van der Waals surface area contributed by atoms with E-state index in [0.717, 1.165) is 12.0 Å². The number of carbonyl (C=O) groups is 1. The second-order valence-corrected chi connectivity index (χ2v) is 5.50. The van der Waals surface area contributed by atoms with Crippen LogP contribution in [0.4, 0.5) is 5.69 Å². The standard InChI is InChI=1S/C18H20N2O3/c1-4-14-8-10-15(11-9-14)13(3)19-18(21)16-6-5-7-17(12(16)2)20(22)23/h5-11,13H,4H2,1-3H3,(H,19,21)/t13-/m1/s1. The predicted molar refractivity (Wildman–Crippen MR) is 89.5 cm³/mol. The van der Waals surface area contributed by atoms with E-state index < -0.39 is 4.92 Å². The Hall–Kier alpha value is -2.69. The van der Waals surface area contributed by atoms with Gasteiger partial charge in [0.1, 0.15) is 0 Å². The van der Waals surface area contributed by atoms with Crippen molar-refractivity contribution >= 4 is 11.6 Å². The molecule has 1 N–H and O–H groups in total. The number of rotatable bonds is 5. The predicted octanol–water partition coefficient (Wildman–Crippen LogP) is 3.96. The zero-order chi connectivity index (χ0) is 17.0. The molecule has 0 unspecified atom stereocenters. The van der Waals surface area contributed by atoms with E-state index in [-0.39, 0.29) is 17.6 Å². The topological polar surface area (TPSA) is 72.2 Å². The van der Waals surface area contributed by atoms with Crippen molar-refractivity contribution in [3.8, 4) is 0 Å². The molecule has 2 aromatic carbocycles. The lowest BCUT2D eigenvalue weighted by Gasteiger charge is -2.15. The van der Waals surface area contributed by atoms with E-state index in [4.69, 9.17) is 0 Å². The summed E-state index contributed by atoms with van der Waals surface area (Å²) in [4.78, 5) is 22.9. The Morgan fingerprint density at radius 3 is 2.43 bits per heavy atom. The number of hydrogen-bond donors (Lipinski definition) is 1. The van der Waals surface area contributed by atoms with Gasteiger partial charge in [-0.05, 0) is 37.5 Å². The quantitative estimate of drug-likeness (QED) is 0.671. The number of nitro benzene ring substituents is 1. The van der Waals surface area contributed by atoms with Gasteiger partial charge in [0, 0.05) is 17.2 Å². The molecule has 0 saturated heterocycles. The molecule has 5 heteroatoms. The van der Waals surface area contributed by atoms with E-state index in [9.17, 15) is 14.9 Å². The van der Waals surface area contributed by atoms with Crippen molar-refractivity contribution in [1.29, 1.82) is 0 Å². The molecule has 0 aliphatic carbocycles. The number of nitro groups is 1. The van der Waals surface area contributed by atoms with Gasteiger partial charge in [0.25, 0.3) is 11.6 Å². The van der Waals surface area contributed by atoms with Crippen molar-refractivity contribution in [1.82, 2.24) is 5.32 Å². The van der Waals surface area contributed by atoms with Gasteiger partial charge in [-0.1, -0.05) is 37.3 Å². The first-order valence-electron chi connectivity index (χ1n) is 7.57. The molecule has 1 amide bonds. The third kappa shape index (κ3) is 3.74. The Bertz CT molecular complexity index is 724. The molecule has 2 aromatic rings. The van der Waals surface area contributed by atoms with E-state index in [1.54, 1.807) is 13.0 Å². The second-order valence-electron chi connectivity index (χ2n) is 5.50. The summed E-state index contributed by atoms with van der Waals surface area (Å²) in [5.41, 5.74) is 2.90. The number of nitrogens with zero attached hydrogens (tertiary/aromatic N) is 1. The maximum Gasteiger partial charge on any atom is 0.273 e. The van der Waals surface area contributed by atoms with Gasteiger partial charge in [-0.25, -0.2) is 0 Å². The van der Waals surface area contributed by atoms with E-state index >= 15 is 0 Å². The smallest absolute Gasteiger partial charge is 0.273 e. The zero-order valence-electron chi connectivity index (χ0n) is 13.5. The summed E-state index contributed by atoms with van der Waals surface area (Å²) in [5, 5.41) is 13.9. The van der Waals surface area contributed by atoms with Gasteiger partial charge in [-0.2, -0.15) is 0 Å². The number of carbonyl (C=O) groups excluding carboxylic acids is 1. The Morgan fingerprint density at radius 2 is 1.87 bits per heavy atom. The van der Waals surface area contributed by atoms with Crippen LogP contribution in [-0.4, -0.2) is 10.8 Å². The number of amides is 1. The van der Waals surface area contributed by atoms with Crippen LogP contribution in [0.3, 0.4) is 0 Å². The van der Waals surface area contributed by atoms with Crippen molar-refractivity contribution in [3.05, 3.63) is 74.8 Å². The van der Waals surface area contributed by atoms with Crippen LogP contribution in [0, 0.1) is 17.0 Å². The van der Waals surface area contributed by atoms with Crippen molar-refractivity contribution in [3.63, 3.8) is 0 Å². The fraction of sp³-hybridized carbons (Fsp3) is 0.278. The first-order chi connectivity index (χ1) is 10.9. The van der Waals surface area contributed by atoms with Crippen LogP contribution in [0.5, 0.6) is 0 Å². The first kappa shape index (κ1) is 16.7. The molecule has 5 nitrogen and oxygen atoms in total. The Balaban J connectivity index is 2.18. The highest BCUT2D eigenvalue weighted by Crippen LogP contribution is 2.22. The van der Waals surface area contributed by atoms with Gasteiger partial charge >= 0.3 is 0 Å². The van der Waals surface area contributed by atoms with Crippen molar-refractivity contribution in [2.24, 2.45) is 0 Å². The zero-order valence-corrected chi connectivity index (χ0v) is 13.5. The average molecular weight is 312 g/mol. The minimum Gasteiger partial charge on any atom is -0.346 e. The summed E-state index contributed by atoms with van der Waals surface area (Å²) in [7, 11) is 0. The maximum absolute atomic E-state index is 12.4. The normalized spacial score (nSPS) is 11.8. The molecular weight excluding hydrogens is 292 g/mol. The highest BCUT2D eigenvalue weighted by Gasteiger charge is 2.19. The summed E-state index contributed by atoms with van der Waals surface area (Å²) in [6.07, 6.45) is 0.966. The van der Waals surface area contributed by atoms with Crippen LogP contribution in [-0.2, 0) is 6.42 Å². The minimum absolute atomic E-state index is 0.0439. The number of benzene rings is 2. The molecule has 0 aromatic heterocycles. The third-order valence-electron chi connectivity index (χ3n) is 3.98. The van der Waals surface area contributed by atoms with E-state index in [1.807, 2.05) is 31.2 Å². The van der Waals surface area contributed by atoms with Gasteiger partial charge in [0.2, 0.25) is 0 Å². The van der Waals surface area contributed by atoms with Gasteiger partial charge < -0.3 is 5.32 Å². The number of nitrogens with one attached hydrogen (secondary N) is 1. The molecule has 0 heterocycles. The second kappa shape index (κ2) is 7.05.